The van der Waals surface area contributed by atoms with E-state index in [1.54, 1.807) is 36.4 Å². The smallest absolute Gasteiger partial charge is 0.335 e. The van der Waals surface area contributed by atoms with Crippen LogP contribution in [0.5, 0.6) is 5.75 Å². The zero-order valence-corrected chi connectivity index (χ0v) is 23.2. The average Bonchev–Trinajstić information content (AvgIpc) is 3.50. The van der Waals surface area contributed by atoms with Crippen LogP contribution in [-0.4, -0.2) is 51.3 Å². The number of imidazole rings is 1. The molecule has 10 heteroatoms. The summed E-state index contributed by atoms with van der Waals surface area (Å²) < 4.78 is 28.2. The Balaban J connectivity index is 1.17. The minimum Gasteiger partial charge on any atom is -0.487 e. The number of hydrogen-bond donors (Lipinski definition) is 1. The molecule has 3 aromatic carbocycles. The van der Waals surface area contributed by atoms with E-state index in [0.29, 0.717) is 34.4 Å². The number of benzene rings is 3. The second kappa shape index (κ2) is 11.4. The van der Waals surface area contributed by atoms with Crippen molar-refractivity contribution in [2.75, 3.05) is 19.7 Å². The van der Waals surface area contributed by atoms with E-state index >= 15 is 0 Å². The number of rotatable bonds is 9. The zero-order chi connectivity index (χ0) is 27.8. The summed E-state index contributed by atoms with van der Waals surface area (Å²) in [6.07, 6.45) is 2.02. The van der Waals surface area contributed by atoms with Gasteiger partial charge in [-0.15, -0.1) is 0 Å². The SMILES string of the molecule is O=C(O)c1ccc2nc(CN3CCC(c4ccc(F)c(COc5ccc(Cl)cc5Cl)c4)C3)n(C[C@@H]3CCO3)c2c1. The van der Waals surface area contributed by atoms with E-state index in [0.717, 1.165) is 55.0 Å². The number of halogens is 3. The fourth-order valence-corrected chi connectivity index (χ4v) is 5.88. The molecule has 1 aromatic heterocycles. The standard InChI is InChI=1S/C30H28Cl2FN3O4/c31-22-3-6-28(24(32)13-22)40-17-21-11-18(1-4-25(21)33)20-7-9-35(14-20)16-29-34-26-5-2-19(30(37)38)12-27(26)36(29)15-23-8-10-39-23/h1-6,11-13,20,23H,7-10,14-17H2,(H,37,38)/t20?,23-/m0/s1. The number of hydrogen-bond acceptors (Lipinski definition) is 5. The van der Waals surface area contributed by atoms with Gasteiger partial charge in [0.25, 0.3) is 0 Å². The van der Waals surface area contributed by atoms with Crippen LogP contribution in [0, 0.1) is 5.82 Å². The first kappa shape index (κ1) is 27.0. The van der Waals surface area contributed by atoms with Crippen LogP contribution in [0.3, 0.4) is 0 Å². The minimum absolute atomic E-state index is 0.0586. The first-order valence-electron chi connectivity index (χ1n) is 13.3. The molecule has 6 rings (SSSR count). The van der Waals surface area contributed by atoms with Gasteiger partial charge in [-0.3, -0.25) is 4.90 Å². The van der Waals surface area contributed by atoms with Crippen molar-refractivity contribution in [1.29, 1.82) is 0 Å². The van der Waals surface area contributed by atoms with Crippen LogP contribution in [0.4, 0.5) is 4.39 Å². The number of aromatic nitrogens is 2. The molecular weight excluding hydrogens is 556 g/mol. The lowest BCUT2D eigenvalue weighted by Gasteiger charge is -2.28. The predicted octanol–water partition coefficient (Wildman–Crippen LogP) is 6.54. The van der Waals surface area contributed by atoms with Crippen molar-refractivity contribution in [1.82, 2.24) is 14.5 Å². The molecule has 2 saturated heterocycles. The number of carbonyl (C=O) groups is 1. The van der Waals surface area contributed by atoms with Gasteiger partial charge in [-0.1, -0.05) is 29.3 Å². The van der Waals surface area contributed by atoms with E-state index in [2.05, 4.69) is 9.47 Å². The molecule has 2 atom stereocenters. The molecule has 0 saturated carbocycles. The maximum atomic E-state index is 14.6. The quantitative estimate of drug-likeness (QED) is 0.241. The van der Waals surface area contributed by atoms with Crippen LogP contribution in [0.2, 0.25) is 10.0 Å². The fourth-order valence-electron chi connectivity index (χ4n) is 5.42. The molecule has 208 valence electrons. The monoisotopic (exact) mass is 583 g/mol. The zero-order valence-electron chi connectivity index (χ0n) is 21.7. The van der Waals surface area contributed by atoms with Gasteiger partial charge in [0, 0.05) is 23.7 Å². The first-order valence-corrected chi connectivity index (χ1v) is 14.0. The van der Waals surface area contributed by atoms with Crippen LogP contribution >= 0.6 is 23.2 Å². The van der Waals surface area contributed by atoms with Crippen molar-refractivity contribution in [3.63, 3.8) is 0 Å². The van der Waals surface area contributed by atoms with Gasteiger partial charge in [0.15, 0.2) is 0 Å². The maximum Gasteiger partial charge on any atom is 0.335 e. The summed E-state index contributed by atoms with van der Waals surface area (Å²) in [4.78, 5) is 18.8. The van der Waals surface area contributed by atoms with E-state index in [9.17, 15) is 14.3 Å². The third kappa shape index (κ3) is 5.67. The number of aromatic carboxylic acids is 1. The molecule has 0 bridgehead atoms. The van der Waals surface area contributed by atoms with Gasteiger partial charge in [-0.05, 0) is 79.4 Å². The fraction of sp³-hybridized carbons (Fsp3) is 0.333. The van der Waals surface area contributed by atoms with Crippen molar-refractivity contribution >= 4 is 40.2 Å². The number of fused-ring (bicyclic) bond motifs is 1. The Bertz CT molecular complexity index is 1570. The van der Waals surface area contributed by atoms with Crippen molar-refractivity contribution in [2.45, 2.75) is 44.6 Å². The summed E-state index contributed by atoms with van der Waals surface area (Å²) >= 11 is 12.2. The van der Waals surface area contributed by atoms with Crippen LogP contribution in [0.1, 0.15) is 46.1 Å². The largest absolute Gasteiger partial charge is 0.487 e. The van der Waals surface area contributed by atoms with Crippen LogP contribution < -0.4 is 4.74 Å². The molecule has 0 radical (unpaired) electrons. The molecule has 2 fully saturated rings. The van der Waals surface area contributed by atoms with Crippen molar-refractivity contribution < 1.29 is 23.8 Å². The van der Waals surface area contributed by atoms with E-state index in [-0.39, 0.29) is 30.0 Å². The summed E-state index contributed by atoms with van der Waals surface area (Å²) in [6, 6.07) is 15.2. The molecule has 3 heterocycles. The van der Waals surface area contributed by atoms with Gasteiger partial charge in [0.05, 0.1) is 40.8 Å². The molecule has 4 aromatic rings. The van der Waals surface area contributed by atoms with Crippen LogP contribution in [0.15, 0.2) is 54.6 Å². The lowest BCUT2D eigenvalue weighted by molar-refractivity contribution is -0.0591. The highest BCUT2D eigenvalue weighted by Crippen LogP contribution is 2.32. The normalized spacial score (nSPS) is 19.2. The molecule has 7 nitrogen and oxygen atoms in total. The van der Waals surface area contributed by atoms with Crippen LogP contribution in [-0.2, 0) is 24.4 Å². The lowest BCUT2D eigenvalue weighted by atomic mass is 9.96. The van der Waals surface area contributed by atoms with Gasteiger partial charge < -0.3 is 19.1 Å². The third-order valence-corrected chi connectivity index (χ3v) is 8.24. The summed E-state index contributed by atoms with van der Waals surface area (Å²) in [5.74, 6) is 0.301. The summed E-state index contributed by atoms with van der Waals surface area (Å²) in [5.41, 5.74) is 3.36. The molecule has 1 N–H and O–H groups in total. The van der Waals surface area contributed by atoms with E-state index in [4.69, 9.17) is 37.7 Å². The number of nitrogens with zero attached hydrogens (tertiary/aromatic N) is 3. The summed E-state index contributed by atoms with van der Waals surface area (Å²) in [7, 11) is 0. The maximum absolute atomic E-state index is 14.6. The Labute approximate surface area is 241 Å². The Morgan fingerprint density at radius 2 is 1.98 bits per heavy atom. The second-order valence-corrected chi connectivity index (χ2v) is 11.2. The number of carboxylic acids is 1. The molecule has 1 unspecified atom stereocenters. The minimum atomic E-state index is -0.959. The lowest BCUT2D eigenvalue weighted by Crippen LogP contribution is -2.32. The molecule has 40 heavy (non-hydrogen) atoms. The Hall–Kier alpha value is -3.17. The highest BCUT2D eigenvalue weighted by Gasteiger charge is 2.28. The summed E-state index contributed by atoms with van der Waals surface area (Å²) in [5, 5.41) is 10.4. The molecular formula is C30H28Cl2FN3O4. The topological polar surface area (TPSA) is 76.8 Å². The third-order valence-electron chi connectivity index (χ3n) is 7.71. The van der Waals surface area contributed by atoms with Crippen molar-refractivity contribution in [3.8, 4) is 5.75 Å². The molecule has 2 aliphatic heterocycles. The Kier molecular flexibility index (Phi) is 7.68. The van der Waals surface area contributed by atoms with E-state index in [1.807, 2.05) is 12.1 Å². The van der Waals surface area contributed by atoms with Crippen molar-refractivity contribution in [3.05, 3.63) is 93.0 Å². The molecule has 0 spiro atoms. The van der Waals surface area contributed by atoms with E-state index < -0.39 is 5.97 Å². The molecule has 2 aliphatic rings. The highest BCUT2D eigenvalue weighted by atomic mass is 35.5. The number of ether oxygens (including phenoxy) is 2. The predicted molar refractivity (Wildman–Crippen MR) is 151 cm³/mol. The Morgan fingerprint density at radius 3 is 2.73 bits per heavy atom. The van der Waals surface area contributed by atoms with Gasteiger partial charge in [0.2, 0.25) is 0 Å². The Morgan fingerprint density at radius 1 is 1.12 bits per heavy atom. The van der Waals surface area contributed by atoms with E-state index in [1.165, 1.54) is 6.07 Å². The second-order valence-electron chi connectivity index (χ2n) is 10.4. The van der Waals surface area contributed by atoms with Gasteiger partial charge in [0.1, 0.15) is 24.0 Å². The molecule has 0 aliphatic carbocycles. The van der Waals surface area contributed by atoms with Gasteiger partial charge in [-0.2, -0.15) is 0 Å². The first-order chi connectivity index (χ1) is 19.3. The summed E-state index contributed by atoms with van der Waals surface area (Å²) in [6.45, 7) is 3.76. The number of carboxylic acid groups (broad SMARTS) is 1. The van der Waals surface area contributed by atoms with Crippen molar-refractivity contribution in [2.24, 2.45) is 0 Å². The highest BCUT2D eigenvalue weighted by molar-refractivity contribution is 6.35. The van der Waals surface area contributed by atoms with Gasteiger partial charge in [-0.25, -0.2) is 14.2 Å². The molecule has 0 amide bonds. The van der Waals surface area contributed by atoms with Crippen LogP contribution in [0.25, 0.3) is 11.0 Å². The number of likely N-dealkylation sites (tertiary alicyclic amines) is 1. The van der Waals surface area contributed by atoms with Gasteiger partial charge >= 0.3 is 5.97 Å². The average molecular weight is 584 g/mol.